The minimum atomic E-state index is -3.05. The predicted molar refractivity (Wildman–Crippen MR) is 113 cm³/mol. The van der Waals surface area contributed by atoms with Crippen LogP contribution in [0.5, 0.6) is 11.5 Å². The maximum atomic E-state index is 11.8. The second-order valence-corrected chi connectivity index (χ2v) is 7.70. The summed E-state index contributed by atoms with van der Waals surface area (Å²) >= 11 is 0. The minimum Gasteiger partial charge on any atom is -0.493 e. The van der Waals surface area contributed by atoms with Crippen LogP contribution in [0.3, 0.4) is 0 Å². The number of nitrogens with one attached hydrogen (secondary N) is 2. The number of aliphatic imine (C=N–C) groups is 1. The van der Waals surface area contributed by atoms with E-state index < -0.39 is 10.0 Å². The average molecular weight is 498 g/mol. The van der Waals surface area contributed by atoms with Gasteiger partial charge in [0.05, 0.1) is 20.0 Å². The Morgan fingerprint density at radius 2 is 1.96 bits per heavy atom. The second-order valence-electron chi connectivity index (χ2n) is 5.61. The summed E-state index contributed by atoms with van der Waals surface area (Å²) in [6.07, 6.45) is 0.703. The Morgan fingerprint density at radius 1 is 1.23 bits per heavy atom. The monoisotopic (exact) mass is 498 g/mol. The fraction of sp³-hybridized carbons (Fsp3) is 0.562. The van der Waals surface area contributed by atoms with Crippen LogP contribution in [0.25, 0.3) is 0 Å². The Labute approximate surface area is 172 Å². The van der Waals surface area contributed by atoms with Crippen LogP contribution in [0.4, 0.5) is 0 Å². The first-order valence-electron chi connectivity index (χ1n) is 8.13. The molecule has 0 aliphatic carbocycles. The van der Waals surface area contributed by atoms with Crippen molar-refractivity contribution in [1.29, 1.82) is 0 Å². The zero-order valence-electron chi connectivity index (χ0n) is 15.3. The SMILES string of the molecule is CN=C(NCCN1CCCS1(=O)=O)NCc1ccc(OC)c(OC)c1.I. The quantitative estimate of drug-likeness (QED) is 0.332. The molecule has 1 aromatic rings. The molecular formula is C16H27IN4O4S. The molecule has 0 amide bonds. The number of sulfonamides is 1. The fourth-order valence-corrected chi connectivity index (χ4v) is 4.17. The zero-order chi connectivity index (χ0) is 18.3. The molecule has 0 unspecified atom stereocenters. The van der Waals surface area contributed by atoms with Crippen molar-refractivity contribution >= 4 is 40.0 Å². The molecule has 2 N–H and O–H groups in total. The van der Waals surface area contributed by atoms with E-state index in [0.29, 0.717) is 50.1 Å². The van der Waals surface area contributed by atoms with Gasteiger partial charge in [-0.3, -0.25) is 4.99 Å². The summed E-state index contributed by atoms with van der Waals surface area (Å²) in [6, 6.07) is 5.69. The van der Waals surface area contributed by atoms with Gasteiger partial charge in [0, 0.05) is 33.2 Å². The first-order valence-corrected chi connectivity index (χ1v) is 9.74. The van der Waals surface area contributed by atoms with Crippen LogP contribution in [0.2, 0.25) is 0 Å². The van der Waals surface area contributed by atoms with E-state index in [2.05, 4.69) is 15.6 Å². The highest BCUT2D eigenvalue weighted by atomic mass is 127. The Bertz CT molecular complexity index is 712. The van der Waals surface area contributed by atoms with E-state index in [1.807, 2.05) is 18.2 Å². The van der Waals surface area contributed by atoms with Crippen LogP contribution < -0.4 is 20.1 Å². The van der Waals surface area contributed by atoms with E-state index in [1.54, 1.807) is 21.3 Å². The van der Waals surface area contributed by atoms with Crippen molar-refractivity contribution in [2.45, 2.75) is 13.0 Å². The van der Waals surface area contributed by atoms with Gasteiger partial charge in [-0.05, 0) is 24.1 Å². The first-order chi connectivity index (χ1) is 12.0. The van der Waals surface area contributed by atoms with Gasteiger partial charge in [-0.15, -0.1) is 24.0 Å². The first kappa shape index (κ1) is 22.8. The highest BCUT2D eigenvalue weighted by Crippen LogP contribution is 2.27. The molecule has 26 heavy (non-hydrogen) atoms. The maximum absolute atomic E-state index is 11.8. The lowest BCUT2D eigenvalue weighted by atomic mass is 10.2. The van der Waals surface area contributed by atoms with Gasteiger partial charge >= 0.3 is 0 Å². The Kier molecular flexibility index (Phi) is 9.44. The van der Waals surface area contributed by atoms with Gasteiger partial charge in [0.15, 0.2) is 17.5 Å². The molecule has 10 heteroatoms. The van der Waals surface area contributed by atoms with E-state index in [-0.39, 0.29) is 29.7 Å². The third kappa shape index (κ3) is 6.16. The van der Waals surface area contributed by atoms with Gasteiger partial charge in [-0.2, -0.15) is 0 Å². The molecule has 2 rings (SSSR count). The van der Waals surface area contributed by atoms with Crippen LogP contribution in [0, 0.1) is 0 Å². The Hall–Kier alpha value is -1.27. The van der Waals surface area contributed by atoms with E-state index in [4.69, 9.17) is 9.47 Å². The van der Waals surface area contributed by atoms with Gasteiger partial charge in [-0.1, -0.05) is 6.07 Å². The van der Waals surface area contributed by atoms with Crippen LogP contribution in [0.15, 0.2) is 23.2 Å². The highest BCUT2D eigenvalue weighted by molar-refractivity contribution is 14.0. The van der Waals surface area contributed by atoms with Crippen molar-refractivity contribution in [2.24, 2.45) is 4.99 Å². The van der Waals surface area contributed by atoms with Crippen molar-refractivity contribution in [3.05, 3.63) is 23.8 Å². The average Bonchev–Trinajstić information content (AvgIpc) is 2.95. The number of hydrogen-bond donors (Lipinski definition) is 2. The topological polar surface area (TPSA) is 92.3 Å². The molecule has 8 nitrogen and oxygen atoms in total. The number of methoxy groups -OCH3 is 2. The molecule has 1 saturated heterocycles. The summed E-state index contributed by atoms with van der Waals surface area (Å²) < 4.78 is 35.5. The van der Waals surface area contributed by atoms with Crippen molar-refractivity contribution in [3.63, 3.8) is 0 Å². The van der Waals surface area contributed by atoms with E-state index in [0.717, 1.165) is 5.56 Å². The Balaban J connectivity index is 0.00000338. The van der Waals surface area contributed by atoms with Crippen LogP contribution in [-0.2, 0) is 16.6 Å². The molecule has 1 heterocycles. The number of hydrogen-bond acceptors (Lipinski definition) is 5. The normalized spacial score (nSPS) is 16.7. The summed E-state index contributed by atoms with van der Waals surface area (Å²) in [4.78, 5) is 4.15. The zero-order valence-corrected chi connectivity index (χ0v) is 18.5. The molecule has 0 radical (unpaired) electrons. The fourth-order valence-electron chi connectivity index (χ4n) is 2.64. The van der Waals surface area contributed by atoms with Crippen LogP contribution in [-0.4, -0.2) is 65.3 Å². The summed E-state index contributed by atoms with van der Waals surface area (Å²) in [5, 5.41) is 6.33. The molecule has 0 bridgehead atoms. The molecule has 1 fully saturated rings. The molecule has 0 atom stereocenters. The molecule has 148 valence electrons. The van der Waals surface area contributed by atoms with Gasteiger partial charge in [-0.25, -0.2) is 12.7 Å². The maximum Gasteiger partial charge on any atom is 0.214 e. The van der Waals surface area contributed by atoms with Gasteiger partial charge in [0.2, 0.25) is 10.0 Å². The lowest BCUT2D eigenvalue weighted by Crippen LogP contribution is -2.41. The standard InChI is InChI=1S/C16H26N4O4S.HI/c1-17-16(18-7-9-20-8-4-10-25(20,21)22)19-12-13-5-6-14(23-2)15(11-13)24-3;/h5-6,11H,4,7-10,12H2,1-3H3,(H2,17,18,19);1H. The third-order valence-electron chi connectivity index (χ3n) is 3.99. The van der Waals surface area contributed by atoms with Crippen molar-refractivity contribution < 1.29 is 17.9 Å². The van der Waals surface area contributed by atoms with Crippen molar-refractivity contribution in [1.82, 2.24) is 14.9 Å². The van der Waals surface area contributed by atoms with Crippen LogP contribution >= 0.6 is 24.0 Å². The van der Waals surface area contributed by atoms with Crippen molar-refractivity contribution in [3.8, 4) is 11.5 Å². The van der Waals surface area contributed by atoms with E-state index in [9.17, 15) is 8.42 Å². The van der Waals surface area contributed by atoms with Gasteiger partial charge in [0.1, 0.15) is 0 Å². The second kappa shape index (κ2) is 10.8. The molecule has 0 spiro atoms. The van der Waals surface area contributed by atoms with E-state index >= 15 is 0 Å². The summed E-state index contributed by atoms with van der Waals surface area (Å²) in [7, 11) is 1.82. The molecule has 0 aromatic heterocycles. The predicted octanol–water partition coefficient (Wildman–Crippen LogP) is 1.02. The highest BCUT2D eigenvalue weighted by Gasteiger charge is 2.27. The lowest BCUT2D eigenvalue weighted by Gasteiger charge is -2.17. The van der Waals surface area contributed by atoms with Crippen molar-refractivity contribution in [2.75, 3.05) is 46.7 Å². The number of rotatable bonds is 7. The number of guanidine groups is 1. The van der Waals surface area contributed by atoms with Crippen LogP contribution in [0.1, 0.15) is 12.0 Å². The number of halogens is 1. The Morgan fingerprint density at radius 3 is 2.54 bits per heavy atom. The number of benzene rings is 1. The minimum absolute atomic E-state index is 0. The molecule has 1 aliphatic rings. The largest absolute Gasteiger partial charge is 0.493 e. The molecular weight excluding hydrogens is 471 g/mol. The molecule has 1 aliphatic heterocycles. The van der Waals surface area contributed by atoms with Gasteiger partial charge < -0.3 is 20.1 Å². The lowest BCUT2D eigenvalue weighted by molar-refractivity contribution is 0.354. The van der Waals surface area contributed by atoms with E-state index in [1.165, 1.54) is 4.31 Å². The number of nitrogens with zero attached hydrogens (tertiary/aromatic N) is 2. The summed E-state index contributed by atoms with van der Waals surface area (Å²) in [6.45, 7) is 2.11. The number of ether oxygens (including phenoxy) is 2. The van der Waals surface area contributed by atoms with Gasteiger partial charge in [0.25, 0.3) is 0 Å². The third-order valence-corrected chi connectivity index (χ3v) is 5.94. The smallest absolute Gasteiger partial charge is 0.214 e. The molecule has 0 saturated carbocycles. The molecule has 1 aromatic carbocycles. The summed E-state index contributed by atoms with van der Waals surface area (Å²) in [5.41, 5.74) is 1.02. The summed E-state index contributed by atoms with van der Waals surface area (Å²) in [5.74, 6) is 2.22.